The van der Waals surface area contributed by atoms with E-state index in [0.29, 0.717) is 19.3 Å². The van der Waals surface area contributed by atoms with Crippen LogP contribution in [0, 0.1) is 0 Å². The number of allylic oxidation sites excluding steroid dienone is 6. The lowest BCUT2D eigenvalue weighted by Gasteiger charge is -2.18. The first kappa shape index (κ1) is 65.6. The number of hydrogen-bond acceptors (Lipinski definition) is 6. The van der Waals surface area contributed by atoms with Gasteiger partial charge in [-0.2, -0.15) is 0 Å². The molecule has 0 saturated heterocycles. The van der Waals surface area contributed by atoms with Crippen LogP contribution in [-0.4, -0.2) is 37.2 Å². The zero-order valence-electron chi connectivity index (χ0n) is 45.6. The molecule has 0 aromatic carbocycles. The van der Waals surface area contributed by atoms with E-state index in [1.807, 2.05) is 0 Å². The summed E-state index contributed by atoms with van der Waals surface area (Å²) in [6.07, 6.45) is 68.5. The smallest absolute Gasteiger partial charge is 0.306 e. The van der Waals surface area contributed by atoms with E-state index in [9.17, 15) is 14.4 Å². The maximum atomic E-state index is 12.9. The summed E-state index contributed by atoms with van der Waals surface area (Å²) in [5.74, 6) is -0.871. The predicted octanol–water partition coefficient (Wildman–Crippen LogP) is 20.0. The monoisotopic (exact) mass is 955 g/mol. The van der Waals surface area contributed by atoms with Gasteiger partial charge in [-0.05, 0) is 77.0 Å². The standard InChI is InChI=1S/C62H114O6/c1-4-7-10-13-16-19-22-25-28-30-32-34-37-40-43-46-49-52-55-61(64)67-58-59(57-66-60(63)54-51-48-45-42-39-36-27-24-21-18-15-12-9-6-3)68-62(65)56-53-50-47-44-41-38-35-33-31-29-26-23-20-17-14-11-8-5-2/h19,22,24,27-28,30,59H,4-18,20-21,23,25-26,29,31-58H2,1-3H3/b22-19-,27-24-,30-28-. The van der Waals surface area contributed by atoms with Gasteiger partial charge in [-0.3, -0.25) is 14.4 Å². The molecule has 1 atom stereocenters. The number of carbonyl (C=O) groups is 3. The highest BCUT2D eigenvalue weighted by atomic mass is 16.6. The van der Waals surface area contributed by atoms with Crippen molar-refractivity contribution >= 4 is 17.9 Å². The van der Waals surface area contributed by atoms with E-state index in [2.05, 4.69) is 57.2 Å². The molecule has 0 aliphatic carbocycles. The number of rotatable bonds is 55. The van der Waals surface area contributed by atoms with E-state index in [4.69, 9.17) is 14.2 Å². The number of hydrogen-bond donors (Lipinski definition) is 0. The Bertz CT molecular complexity index is 1140. The van der Waals surface area contributed by atoms with Crippen molar-refractivity contribution in [1.82, 2.24) is 0 Å². The van der Waals surface area contributed by atoms with Gasteiger partial charge in [-0.25, -0.2) is 0 Å². The summed E-state index contributed by atoms with van der Waals surface area (Å²) in [4.78, 5) is 38.2. The predicted molar refractivity (Wildman–Crippen MR) is 293 cm³/mol. The molecule has 6 nitrogen and oxygen atoms in total. The molecule has 0 rings (SSSR count). The Morgan fingerprint density at radius 1 is 0.294 bits per heavy atom. The second-order valence-corrected chi connectivity index (χ2v) is 20.3. The molecule has 0 aromatic rings. The molecule has 0 bridgehead atoms. The van der Waals surface area contributed by atoms with Gasteiger partial charge in [0, 0.05) is 19.3 Å². The summed E-state index contributed by atoms with van der Waals surface area (Å²) >= 11 is 0. The minimum atomic E-state index is -0.776. The highest BCUT2D eigenvalue weighted by Crippen LogP contribution is 2.17. The Morgan fingerprint density at radius 3 is 0.838 bits per heavy atom. The third-order valence-corrected chi connectivity index (χ3v) is 13.4. The maximum Gasteiger partial charge on any atom is 0.306 e. The summed E-state index contributed by atoms with van der Waals surface area (Å²) in [5, 5.41) is 0. The average molecular weight is 956 g/mol. The lowest BCUT2D eigenvalue weighted by Crippen LogP contribution is -2.30. The van der Waals surface area contributed by atoms with Gasteiger partial charge in [0.25, 0.3) is 0 Å². The van der Waals surface area contributed by atoms with Gasteiger partial charge in [-0.1, -0.05) is 263 Å². The molecule has 0 aliphatic heterocycles. The second-order valence-electron chi connectivity index (χ2n) is 20.3. The van der Waals surface area contributed by atoms with E-state index < -0.39 is 6.10 Å². The number of carbonyl (C=O) groups excluding carboxylic acids is 3. The van der Waals surface area contributed by atoms with Crippen LogP contribution in [0.5, 0.6) is 0 Å². The minimum Gasteiger partial charge on any atom is -0.462 e. The van der Waals surface area contributed by atoms with Crippen LogP contribution in [0.1, 0.15) is 323 Å². The van der Waals surface area contributed by atoms with Gasteiger partial charge in [0.2, 0.25) is 0 Å². The van der Waals surface area contributed by atoms with Gasteiger partial charge >= 0.3 is 17.9 Å². The molecule has 68 heavy (non-hydrogen) atoms. The summed E-state index contributed by atoms with van der Waals surface area (Å²) in [5.41, 5.74) is 0. The first-order chi connectivity index (χ1) is 33.5. The molecule has 0 saturated carbocycles. The molecule has 0 aromatic heterocycles. The summed E-state index contributed by atoms with van der Waals surface area (Å²) < 4.78 is 16.9. The Kier molecular flexibility index (Phi) is 55.2. The van der Waals surface area contributed by atoms with E-state index in [1.165, 1.54) is 205 Å². The van der Waals surface area contributed by atoms with Crippen LogP contribution < -0.4 is 0 Å². The molecular weight excluding hydrogens is 841 g/mol. The van der Waals surface area contributed by atoms with Crippen LogP contribution in [0.2, 0.25) is 0 Å². The fourth-order valence-corrected chi connectivity index (χ4v) is 8.82. The highest BCUT2D eigenvalue weighted by Gasteiger charge is 2.19. The first-order valence-electron chi connectivity index (χ1n) is 30.0. The third-order valence-electron chi connectivity index (χ3n) is 13.4. The lowest BCUT2D eigenvalue weighted by atomic mass is 10.0. The Morgan fingerprint density at radius 2 is 0.529 bits per heavy atom. The van der Waals surface area contributed by atoms with Crippen molar-refractivity contribution < 1.29 is 28.6 Å². The average Bonchev–Trinajstić information content (AvgIpc) is 3.34. The summed E-state index contributed by atoms with van der Waals surface area (Å²) in [6, 6.07) is 0. The highest BCUT2D eigenvalue weighted by molar-refractivity contribution is 5.71. The van der Waals surface area contributed by atoms with Crippen molar-refractivity contribution in [3.8, 4) is 0 Å². The van der Waals surface area contributed by atoms with Gasteiger partial charge in [0.05, 0.1) is 0 Å². The third kappa shape index (κ3) is 54.6. The van der Waals surface area contributed by atoms with Crippen LogP contribution >= 0.6 is 0 Å². The maximum absolute atomic E-state index is 12.9. The molecular formula is C62H114O6. The fraction of sp³-hybridized carbons (Fsp3) is 0.855. The van der Waals surface area contributed by atoms with Gasteiger partial charge in [0.15, 0.2) is 6.10 Å². The van der Waals surface area contributed by atoms with Crippen molar-refractivity contribution in [1.29, 1.82) is 0 Å². The molecule has 0 aliphatic rings. The Hall–Kier alpha value is -2.37. The van der Waals surface area contributed by atoms with Crippen LogP contribution in [0.25, 0.3) is 0 Å². The number of esters is 3. The summed E-state index contributed by atoms with van der Waals surface area (Å²) in [7, 11) is 0. The van der Waals surface area contributed by atoms with Crippen molar-refractivity contribution in [2.75, 3.05) is 13.2 Å². The topological polar surface area (TPSA) is 78.9 Å². The molecule has 0 amide bonds. The zero-order chi connectivity index (χ0) is 49.3. The Labute approximate surface area is 423 Å². The lowest BCUT2D eigenvalue weighted by molar-refractivity contribution is -0.167. The van der Waals surface area contributed by atoms with E-state index in [0.717, 1.165) is 77.0 Å². The van der Waals surface area contributed by atoms with Crippen LogP contribution in [0.4, 0.5) is 0 Å². The van der Waals surface area contributed by atoms with E-state index in [-0.39, 0.29) is 31.1 Å². The molecule has 1 unspecified atom stereocenters. The van der Waals surface area contributed by atoms with Crippen LogP contribution in [0.15, 0.2) is 36.5 Å². The quantitative estimate of drug-likeness (QED) is 0.0262. The molecule has 6 heteroatoms. The zero-order valence-corrected chi connectivity index (χ0v) is 45.6. The first-order valence-corrected chi connectivity index (χ1v) is 30.0. The van der Waals surface area contributed by atoms with E-state index in [1.54, 1.807) is 0 Å². The fourth-order valence-electron chi connectivity index (χ4n) is 8.82. The Balaban J connectivity index is 4.35. The summed E-state index contributed by atoms with van der Waals surface area (Å²) in [6.45, 7) is 6.65. The van der Waals surface area contributed by atoms with Gasteiger partial charge in [-0.15, -0.1) is 0 Å². The largest absolute Gasteiger partial charge is 0.462 e. The minimum absolute atomic E-state index is 0.0753. The van der Waals surface area contributed by atoms with Gasteiger partial charge < -0.3 is 14.2 Å². The molecule has 0 fully saturated rings. The van der Waals surface area contributed by atoms with Crippen molar-refractivity contribution in [2.45, 2.75) is 329 Å². The number of ether oxygens (including phenoxy) is 3. The molecule has 0 heterocycles. The van der Waals surface area contributed by atoms with Crippen LogP contribution in [0.3, 0.4) is 0 Å². The van der Waals surface area contributed by atoms with Crippen molar-refractivity contribution in [3.05, 3.63) is 36.5 Å². The normalized spacial score (nSPS) is 12.2. The van der Waals surface area contributed by atoms with Crippen LogP contribution in [-0.2, 0) is 28.6 Å². The van der Waals surface area contributed by atoms with Crippen molar-refractivity contribution in [2.24, 2.45) is 0 Å². The van der Waals surface area contributed by atoms with Crippen molar-refractivity contribution in [3.63, 3.8) is 0 Å². The molecule has 0 radical (unpaired) electrons. The van der Waals surface area contributed by atoms with Gasteiger partial charge in [0.1, 0.15) is 13.2 Å². The van der Waals surface area contributed by atoms with E-state index >= 15 is 0 Å². The second kappa shape index (κ2) is 57.2. The number of unbranched alkanes of at least 4 members (excludes halogenated alkanes) is 38. The molecule has 0 N–H and O–H groups in total. The SMILES string of the molecule is CCCCCC/C=C\C/C=C\CCCCCCCCCC(=O)OCC(COC(=O)CCCCCCC/C=C\CCCCCCC)OC(=O)CCCCCCCCCCCCCCCCCCCC. The molecule has 0 spiro atoms. The molecule has 398 valence electrons.